The van der Waals surface area contributed by atoms with Gasteiger partial charge < -0.3 is 9.47 Å². The first-order chi connectivity index (χ1) is 29.4. The molecule has 0 fully saturated rings. The van der Waals surface area contributed by atoms with E-state index in [4.69, 9.17) is 0 Å². The van der Waals surface area contributed by atoms with Crippen molar-refractivity contribution in [2.24, 2.45) is 0 Å². The van der Waals surface area contributed by atoms with E-state index in [0.29, 0.717) is 0 Å². The zero-order valence-corrected chi connectivity index (χ0v) is 34.3. The lowest BCUT2D eigenvalue weighted by Crippen LogP contribution is -2.10. The Morgan fingerprint density at radius 1 is 0.333 bits per heavy atom. The van der Waals surface area contributed by atoms with Crippen LogP contribution in [-0.2, 0) is 5.41 Å². The molecular weight excluding hydrogens is 725 g/mol. The van der Waals surface area contributed by atoms with Crippen LogP contribution in [0.2, 0.25) is 0 Å². The lowest BCUT2D eigenvalue weighted by atomic mass is 9.86. The van der Waals surface area contributed by atoms with E-state index in [2.05, 4.69) is 255 Å². The summed E-state index contributed by atoms with van der Waals surface area (Å²) in [4.78, 5) is 2.35. The number of hydrogen-bond donors (Lipinski definition) is 0. The van der Waals surface area contributed by atoms with Crippen molar-refractivity contribution in [3.05, 3.63) is 230 Å². The third-order valence-electron chi connectivity index (χ3n) is 11.8. The van der Waals surface area contributed by atoms with Gasteiger partial charge in [-0.2, -0.15) is 0 Å². The van der Waals surface area contributed by atoms with E-state index in [-0.39, 0.29) is 5.41 Å². The zero-order chi connectivity index (χ0) is 40.6. The summed E-state index contributed by atoms with van der Waals surface area (Å²) in [6, 6.07) is 81.6. The Morgan fingerprint density at radius 3 is 1.32 bits per heavy atom. The second-order valence-corrected chi connectivity index (χ2v) is 16.6. The van der Waals surface area contributed by atoms with Crippen molar-refractivity contribution >= 4 is 38.9 Å². The average Bonchev–Trinajstić information content (AvgIpc) is 3.64. The van der Waals surface area contributed by atoms with Gasteiger partial charge in [-0.15, -0.1) is 0 Å². The van der Waals surface area contributed by atoms with E-state index >= 15 is 0 Å². The molecule has 0 N–H and O–H groups in total. The third kappa shape index (κ3) is 6.97. The van der Waals surface area contributed by atoms with Crippen LogP contribution in [0.5, 0.6) is 0 Å². The van der Waals surface area contributed by atoms with Crippen molar-refractivity contribution in [3.63, 3.8) is 0 Å². The molecule has 288 valence electrons. The average molecular weight is 771 g/mol. The SMILES string of the molecule is CC(C)(C)c1ccc(-c2ccc3c(c2)c2ccccc2n3-c2ccccc2-c2ccc(N(c3ccc(-c4ccccc4)cc3)c3ccc(-c4ccccc4)cc3)cc2)cc1. The molecule has 0 atom stereocenters. The van der Waals surface area contributed by atoms with Gasteiger partial charge in [0.2, 0.25) is 0 Å². The number of aromatic nitrogens is 1. The molecule has 9 aromatic carbocycles. The standard InChI is InChI=1S/C58H46N2/c1-58(2,3)48-31-22-45(23-32-48)47-30-39-57-54(40-47)53-19-11-13-21-56(53)60(57)55-20-12-10-18-52(55)46-28-37-51(38-29-46)59(49-33-24-43(25-34-49)41-14-6-4-7-15-41)50-35-26-44(27-36-50)42-16-8-5-9-17-42/h4-40H,1-3H3. The van der Waals surface area contributed by atoms with Gasteiger partial charge in [0, 0.05) is 33.4 Å². The summed E-state index contributed by atoms with van der Waals surface area (Å²) >= 11 is 0. The summed E-state index contributed by atoms with van der Waals surface area (Å²) in [5.41, 5.74) is 17.9. The summed E-state index contributed by atoms with van der Waals surface area (Å²) in [5, 5.41) is 2.50. The zero-order valence-electron chi connectivity index (χ0n) is 34.3. The summed E-state index contributed by atoms with van der Waals surface area (Å²) in [7, 11) is 0. The predicted molar refractivity (Wildman–Crippen MR) is 256 cm³/mol. The highest BCUT2D eigenvalue weighted by atomic mass is 15.1. The molecule has 0 aliphatic heterocycles. The Balaban J connectivity index is 1.04. The molecule has 1 aromatic heterocycles. The molecule has 0 aliphatic carbocycles. The number of para-hydroxylation sites is 2. The van der Waals surface area contributed by atoms with Crippen LogP contribution >= 0.6 is 0 Å². The Kier molecular flexibility index (Phi) is 9.47. The van der Waals surface area contributed by atoms with Gasteiger partial charge in [-0.25, -0.2) is 0 Å². The minimum absolute atomic E-state index is 0.118. The van der Waals surface area contributed by atoms with Gasteiger partial charge in [0.25, 0.3) is 0 Å². The minimum Gasteiger partial charge on any atom is -0.311 e. The fourth-order valence-electron chi connectivity index (χ4n) is 8.59. The van der Waals surface area contributed by atoms with Crippen molar-refractivity contribution in [1.82, 2.24) is 4.57 Å². The van der Waals surface area contributed by atoms with Crippen molar-refractivity contribution in [3.8, 4) is 50.2 Å². The monoisotopic (exact) mass is 770 g/mol. The second-order valence-electron chi connectivity index (χ2n) is 16.6. The topological polar surface area (TPSA) is 8.17 Å². The lowest BCUT2D eigenvalue weighted by molar-refractivity contribution is 0.590. The Morgan fingerprint density at radius 2 is 0.750 bits per heavy atom. The number of hydrogen-bond acceptors (Lipinski definition) is 1. The van der Waals surface area contributed by atoms with E-state index in [0.717, 1.165) is 28.3 Å². The molecular formula is C58H46N2. The minimum atomic E-state index is 0.118. The molecule has 0 amide bonds. The number of benzene rings is 9. The van der Waals surface area contributed by atoms with Crippen LogP contribution < -0.4 is 4.90 Å². The van der Waals surface area contributed by atoms with Crippen molar-refractivity contribution < 1.29 is 0 Å². The maximum Gasteiger partial charge on any atom is 0.0541 e. The first-order valence-electron chi connectivity index (χ1n) is 20.8. The number of anilines is 3. The number of nitrogens with zero attached hydrogens (tertiary/aromatic N) is 2. The molecule has 0 bridgehead atoms. The third-order valence-corrected chi connectivity index (χ3v) is 11.8. The molecule has 1 heterocycles. The summed E-state index contributed by atoms with van der Waals surface area (Å²) in [6.07, 6.45) is 0. The van der Waals surface area contributed by atoms with Crippen LogP contribution in [0.3, 0.4) is 0 Å². The highest BCUT2D eigenvalue weighted by Crippen LogP contribution is 2.41. The van der Waals surface area contributed by atoms with E-state index in [1.165, 1.54) is 66.3 Å². The number of rotatable bonds is 8. The summed E-state index contributed by atoms with van der Waals surface area (Å²) in [5.74, 6) is 0. The van der Waals surface area contributed by atoms with E-state index in [1.807, 2.05) is 0 Å². The lowest BCUT2D eigenvalue weighted by Gasteiger charge is -2.26. The number of fused-ring (bicyclic) bond motifs is 3. The highest BCUT2D eigenvalue weighted by molar-refractivity contribution is 6.11. The van der Waals surface area contributed by atoms with Gasteiger partial charge in [0.05, 0.1) is 16.7 Å². The molecule has 0 saturated heterocycles. The van der Waals surface area contributed by atoms with Crippen molar-refractivity contribution in [1.29, 1.82) is 0 Å². The summed E-state index contributed by atoms with van der Waals surface area (Å²) < 4.78 is 2.44. The molecule has 0 unspecified atom stereocenters. The van der Waals surface area contributed by atoms with Gasteiger partial charge in [0.15, 0.2) is 0 Å². The van der Waals surface area contributed by atoms with E-state index in [1.54, 1.807) is 0 Å². The fraction of sp³-hybridized carbons (Fsp3) is 0.0690. The maximum absolute atomic E-state index is 2.44. The molecule has 0 saturated carbocycles. The van der Waals surface area contributed by atoms with Crippen LogP contribution in [0.25, 0.3) is 72.0 Å². The van der Waals surface area contributed by atoms with Gasteiger partial charge in [0.1, 0.15) is 0 Å². The Bertz CT molecular complexity index is 2980. The van der Waals surface area contributed by atoms with Gasteiger partial charge in [-0.3, -0.25) is 0 Å². The molecule has 60 heavy (non-hydrogen) atoms. The molecule has 2 heteroatoms. The van der Waals surface area contributed by atoms with Crippen LogP contribution in [-0.4, -0.2) is 4.57 Å². The van der Waals surface area contributed by atoms with E-state index in [9.17, 15) is 0 Å². The van der Waals surface area contributed by atoms with Crippen LogP contribution in [0, 0.1) is 0 Å². The highest BCUT2D eigenvalue weighted by Gasteiger charge is 2.19. The quantitative estimate of drug-likeness (QED) is 0.149. The van der Waals surface area contributed by atoms with Crippen molar-refractivity contribution in [2.75, 3.05) is 4.90 Å². The summed E-state index contributed by atoms with van der Waals surface area (Å²) in [6.45, 7) is 6.80. The smallest absolute Gasteiger partial charge is 0.0541 e. The van der Waals surface area contributed by atoms with Gasteiger partial charge in [-0.1, -0.05) is 185 Å². The predicted octanol–water partition coefficient (Wildman–Crippen LogP) is 16.2. The molecule has 10 aromatic rings. The molecule has 0 spiro atoms. The van der Waals surface area contributed by atoms with Crippen LogP contribution in [0.15, 0.2) is 224 Å². The van der Waals surface area contributed by atoms with Crippen molar-refractivity contribution in [2.45, 2.75) is 26.2 Å². The molecule has 2 nitrogen and oxygen atoms in total. The first kappa shape index (κ1) is 36.9. The van der Waals surface area contributed by atoms with Gasteiger partial charge >= 0.3 is 0 Å². The Labute approximate surface area is 353 Å². The largest absolute Gasteiger partial charge is 0.311 e. The van der Waals surface area contributed by atoms with Crippen LogP contribution in [0.4, 0.5) is 17.1 Å². The van der Waals surface area contributed by atoms with E-state index < -0.39 is 0 Å². The molecule has 0 aliphatic rings. The maximum atomic E-state index is 2.44. The fourth-order valence-corrected chi connectivity index (χ4v) is 8.59. The van der Waals surface area contributed by atoms with Gasteiger partial charge in [-0.05, 0) is 111 Å². The molecule has 10 rings (SSSR count). The Hall–Kier alpha value is -7.42. The normalized spacial score (nSPS) is 11.6. The second kappa shape index (κ2) is 15.4. The van der Waals surface area contributed by atoms with Crippen LogP contribution in [0.1, 0.15) is 26.3 Å². The first-order valence-corrected chi connectivity index (χ1v) is 20.8. The molecule has 0 radical (unpaired) electrons.